The summed E-state index contributed by atoms with van der Waals surface area (Å²) < 4.78 is 14.7. The number of hydrogen-bond acceptors (Lipinski definition) is 1. The zero-order valence-electron chi connectivity index (χ0n) is 12.4. The van der Waals surface area contributed by atoms with Gasteiger partial charge in [0.25, 0.3) is 0 Å². The molecule has 0 aromatic heterocycles. The first kappa shape index (κ1) is 15.2. The highest BCUT2D eigenvalue weighted by atomic mass is 79.9. The lowest BCUT2D eigenvalue weighted by Gasteiger charge is -2.29. The Morgan fingerprint density at radius 3 is 2.50 bits per heavy atom. The van der Waals surface area contributed by atoms with Crippen LogP contribution in [0.4, 0.5) is 10.1 Å². The molecule has 1 heterocycles. The predicted octanol–water partition coefficient (Wildman–Crippen LogP) is 4.26. The second-order valence-electron chi connectivity index (χ2n) is 5.39. The van der Waals surface area contributed by atoms with Crippen molar-refractivity contribution in [1.29, 1.82) is 0 Å². The molecule has 1 aliphatic heterocycles. The fourth-order valence-electron chi connectivity index (χ4n) is 3.43. The van der Waals surface area contributed by atoms with Gasteiger partial charge in [-0.15, -0.1) is 0 Å². The second-order valence-corrected chi connectivity index (χ2v) is 6.19. The van der Waals surface area contributed by atoms with Gasteiger partial charge in [-0.2, -0.15) is 0 Å². The van der Waals surface area contributed by atoms with Gasteiger partial charge in [-0.05, 0) is 31.0 Å². The van der Waals surface area contributed by atoms with Crippen molar-refractivity contribution in [3.8, 4) is 0 Å². The monoisotopic (exact) mass is 361 g/mol. The number of carbonyl (C=O) groups excluding carboxylic acids is 1. The Morgan fingerprint density at radius 2 is 1.86 bits per heavy atom. The molecule has 0 saturated heterocycles. The molecule has 0 radical (unpaired) electrons. The van der Waals surface area contributed by atoms with Crippen LogP contribution < -0.4 is 4.90 Å². The lowest BCUT2D eigenvalue weighted by Crippen LogP contribution is -2.41. The smallest absolute Gasteiger partial charge is 0.242 e. The third kappa shape index (κ3) is 2.01. The van der Waals surface area contributed by atoms with Crippen molar-refractivity contribution in [3.63, 3.8) is 0 Å². The molecule has 2 aromatic rings. The molecule has 0 N–H and O–H groups in total. The number of amides is 1. The van der Waals surface area contributed by atoms with Crippen molar-refractivity contribution in [2.75, 3.05) is 16.8 Å². The van der Waals surface area contributed by atoms with Gasteiger partial charge in [0.15, 0.2) is 0 Å². The third-order valence-corrected chi connectivity index (χ3v) is 4.77. The van der Waals surface area contributed by atoms with Crippen LogP contribution in [0, 0.1) is 5.82 Å². The summed E-state index contributed by atoms with van der Waals surface area (Å²) in [6, 6.07) is 14.5. The minimum atomic E-state index is -0.943. The van der Waals surface area contributed by atoms with Gasteiger partial charge >= 0.3 is 0 Å². The average molecular weight is 362 g/mol. The van der Waals surface area contributed by atoms with E-state index in [0.29, 0.717) is 29.5 Å². The van der Waals surface area contributed by atoms with Gasteiger partial charge in [0.2, 0.25) is 5.91 Å². The van der Waals surface area contributed by atoms with Crippen molar-refractivity contribution in [1.82, 2.24) is 0 Å². The number of carbonyl (C=O) groups is 1. The Bertz CT molecular complexity index is 703. The number of anilines is 1. The molecular formula is C18H17BrFNO. The molecule has 1 aliphatic rings. The molecule has 3 rings (SSSR count). The summed E-state index contributed by atoms with van der Waals surface area (Å²) in [6.07, 6.45) is 0.528. The van der Waals surface area contributed by atoms with Crippen LogP contribution in [-0.2, 0) is 10.2 Å². The van der Waals surface area contributed by atoms with E-state index >= 15 is 0 Å². The lowest BCUT2D eigenvalue weighted by atomic mass is 9.73. The molecule has 0 fully saturated rings. The van der Waals surface area contributed by atoms with Gasteiger partial charge in [-0.3, -0.25) is 4.79 Å². The fraction of sp³-hybridized carbons (Fsp3) is 0.278. The van der Waals surface area contributed by atoms with E-state index in [-0.39, 0.29) is 11.7 Å². The van der Waals surface area contributed by atoms with Crippen molar-refractivity contribution in [3.05, 3.63) is 65.5 Å². The summed E-state index contributed by atoms with van der Waals surface area (Å²) in [5.41, 5.74) is 1.10. The Hall–Kier alpha value is -1.68. The van der Waals surface area contributed by atoms with E-state index in [1.807, 2.05) is 43.3 Å². The van der Waals surface area contributed by atoms with Crippen LogP contribution in [0.25, 0.3) is 0 Å². The van der Waals surface area contributed by atoms with Gasteiger partial charge in [0.05, 0.1) is 5.69 Å². The van der Waals surface area contributed by atoms with Crippen molar-refractivity contribution < 1.29 is 9.18 Å². The molecular weight excluding hydrogens is 345 g/mol. The van der Waals surface area contributed by atoms with E-state index in [0.717, 1.165) is 5.56 Å². The topological polar surface area (TPSA) is 20.3 Å². The predicted molar refractivity (Wildman–Crippen MR) is 90.1 cm³/mol. The quantitative estimate of drug-likeness (QED) is 0.745. The molecule has 22 heavy (non-hydrogen) atoms. The molecule has 0 saturated carbocycles. The zero-order chi connectivity index (χ0) is 15.7. The molecule has 0 aliphatic carbocycles. The van der Waals surface area contributed by atoms with Gasteiger partial charge in [0.1, 0.15) is 11.2 Å². The molecule has 4 heteroatoms. The molecule has 1 atom stereocenters. The molecule has 2 aromatic carbocycles. The van der Waals surface area contributed by atoms with Gasteiger partial charge < -0.3 is 4.90 Å². The maximum Gasteiger partial charge on any atom is 0.242 e. The third-order valence-electron chi connectivity index (χ3n) is 4.37. The van der Waals surface area contributed by atoms with Crippen LogP contribution >= 0.6 is 15.9 Å². The maximum atomic E-state index is 14.7. The summed E-state index contributed by atoms with van der Waals surface area (Å²) in [7, 11) is 0. The number of nitrogens with zero attached hydrogens (tertiary/aromatic N) is 1. The van der Waals surface area contributed by atoms with Crippen LogP contribution in [-0.4, -0.2) is 17.8 Å². The van der Waals surface area contributed by atoms with E-state index in [2.05, 4.69) is 15.9 Å². The average Bonchev–Trinajstić information content (AvgIpc) is 2.79. The molecule has 2 nitrogen and oxygen atoms in total. The number of benzene rings is 2. The number of alkyl halides is 1. The first-order chi connectivity index (χ1) is 10.7. The van der Waals surface area contributed by atoms with Crippen molar-refractivity contribution in [2.24, 2.45) is 0 Å². The number of halogens is 2. The standard InChI is InChI=1S/C18H17BrFNO/c1-2-21-15-10-6-9-14(20)16(15)18(11-12-19,17(21)22)13-7-4-3-5-8-13/h3-10H,2,11-12H2,1H3. The number of fused-ring (bicyclic) bond motifs is 1. The van der Waals surface area contributed by atoms with Gasteiger partial charge in [-0.1, -0.05) is 52.3 Å². The molecule has 1 unspecified atom stereocenters. The highest BCUT2D eigenvalue weighted by Crippen LogP contribution is 2.49. The van der Waals surface area contributed by atoms with E-state index < -0.39 is 5.41 Å². The SMILES string of the molecule is CCN1C(=O)C(CCBr)(c2ccccc2)c2c(F)cccc21. The summed E-state index contributed by atoms with van der Waals surface area (Å²) in [4.78, 5) is 14.9. The lowest BCUT2D eigenvalue weighted by molar-refractivity contribution is -0.121. The van der Waals surface area contributed by atoms with Gasteiger partial charge in [0, 0.05) is 17.4 Å². The first-order valence-electron chi connectivity index (χ1n) is 7.39. The summed E-state index contributed by atoms with van der Waals surface area (Å²) in [5.74, 6) is -0.354. The molecule has 0 bridgehead atoms. The largest absolute Gasteiger partial charge is 0.311 e. The fourth-order valence-corrected chi connectivity index (χ4v) is 4.02. The van der Waals surface area contributed by atoms with E-state index in [9.17, 15) is 9.18 Å². The summed E-state index contributed by atoms with van der Waals surface area (Å²) in [6.45, 7) is 2.45. The summed E-state index contributed by atoms with van der Waals surface area (Å²) >= 11 is 3.44. The van der Waals surface area contributed by atoms with Crippen LogP contribution in [0.15, 0.2) is 48.5 Å². The Kier molecular flexibility index (Phi) is 4.04. The van der Waals surface area contributed by atoms with E-state index in [1.165, 1.54) is 6.07 Å². The number of rotatable bonds is 4. The van der Waals surface area contributed by atoms with Crippen LogP contribution in [0.3, 0.4) is 0 Å². The van der Waals surface area contributed by atoms with E-state index in [4.69, 9.17) is 0 Å². The number of hydrogen-bond donors (Lipinski definition) is 0. The maximum absolute atomic E-state index is 14.7. The Morgan fingerprint density at radius 1 is 1.14 bits per heavy atom. The van der Waals surface area contributed by atoms with Crippen LogP contribution in [0.1, 0.15) is 24.5 Å². The van der Waals surface area contributed by atoms with Gasteiger partial charge in [-0.25, -0.2) is 4.39 Å². The Balaban J connectivity index is 2.34. The van der Waals surface area contributed by atoms with Crippen LogP contribution in [0.2, 0.25) is 0 Å². The molecule has 114 valence electrons. The minimum Gasteiger partial charge on any atom is -0.311 e. The second kappa shape index (κ2) is 5.84. The van der Waals surface area contributed by atoms with E-state index in [1.54, 1.807) is 11.0 Å². The zero-order valence-corrected chi connectivity index (χ0v) is 13.9. The van der Waals surface area contributed by atoms with Crippen LogP contribution in [0.5, 0.6) is 0 Å². The normalized spacial score (nSPS) is 20.3. The number of likely N-dealkylation sites (N-methyl/N-ethyl adjacent to an activating group) is 1. The molecule has 1 amide bonds. The highest BCUT2D eigenvalue weighted by Gasteiger charge is 2.52. The highest BCUT2D eigenvalue weighted by molar-refractivity contribution is 9.09. The first-order valence-corrected chi connectivity index (χ1v) is 8.51. The Labute approximate surface area is 138 Å². The minimum absolute atomic E-state index is 0.0410. The van der Waals surface area contributed by atoms with Crippen molar-refractivity contribution >= 4 is 27.5 Å². The van der Waals surface area contributed by atoms with Crippen molar-refractivity contribution in [2.45, 2.75) is 18.8 Å². The summed E-state index contributed by atoms with van der Waals surface area (Å²) in [5, 5.41) is 0.624. The molecule has 0 spiro atoms.